The Kier molecular flexibility index (Phi) is 8.09. The maximum atomic E-state index is 13.2. The van der Waals surface area contributed by atoms with Gasteiger partial charge in [-0.05, 0) is 6.42 Å². The van der Waals surface area contributed by atoms with Crippen LogP contribution in [0.5, 0.6) is 0 Å². The van der Waals surface area contributed by atoms with Crippen LogP contribution < -0.4 is 5.32 Å². The Morgan fingerprint density at radius 2 is 1.75 bits per heavy atom. The molecule has 1 unspecified atom stereocenters. The summed E-state index contributed by atoms with van der Waals surface area (Å²) in [6.07, 6.45) is -5.06. The summed E-state index contributed by atoms with van der Waals surface area (Å²) in [6.45, 7) is 1.74. The molecule has 0 aliphatic heterocycles. The van der Waals surface area contributed by atoms with Crippen LogP contribution >= 0.6 is 12.6 Å². The van der Waals surface area contributed by atoms with Gasteiger partial charge in [-0.15, -0.1) is 12.6 Å². The Balaban J connectivity index is 5.71. The molecule has 5 nitrogen and oxygen atoms in total. The smallest absolute Gasteiger partial charge is 0.410 e. The first kappa shape index (κ1) is 22.6. The van der Waals surface area contributed by atoms with Gasteiger partial charge in [-0.3, -0.25) is 4.79 Å². The number of unbranched alkanes of at least 4 members (excludes halogenated alkanes) is 1. The Labute approximate surface area is 138 Å². The number of thiol groups is 1. The van der Waals surface area contributed by atoms with Gasteiger partial charge >= 0.3 is 29.1 Å². The third-order valence-electron chi connectivity index (χ3n) is 2.40. The van der Waals surface area contributed by atoms with E-state index in [0.717, 1.165) is 0 Å². The van der Waals surface area contributed by atoms with E-state index in [2.05, 4.69) is 28.7 Å². The summed E-state index contributed by atoms with van der Waals surface area (Å²) in [6, 6.07) is 0. The van der Waals surface area contributed by atoms with Crippen molar-refractivity contribution in [2.75, 3.05) is 13.2 Å². The number of carbonyl (C=O) groups excluding carboxylic acids is 2. The minimum atomic E-state index is -5.78. The van der Waals surface area contributed by atoms with Gasteiger partial charge in [-0.25, -0.2) is 4.79 Å². The third kappa shape index (κ3) is 6.59. The van der Waals surface area contributed by atoms with Crippen LogP contribution in [-0.4, -0.2) is 42.2 Å². The van der Waals surface area contributed by atoms with Crippen molar-refractivity contribution >= 4 is 24.5 Å². The zero-order chi connectivity index (χ0) is 19.2. The fraction of sp³-hybridized carbons (Fsp3) is 0.667. The van der Waals surface area contributed by atoms with Crippen LogP contribution in [0.15, 0.2) is 12.4 Å². The van der Waals surface area contributed by atoms with Crippen molar-refractivity contribution in [3.63, 3.8) is 0 Å². The van der Waals surface area contributed by atoms with Crippen LogP contribution in [0.4, 0.5) is 26.3 Å². The minimum absolute atomic E-state index is 0.242. The van der Waals surface area contributed by atoms with Gasteiger partial charge in [0.2, 0.25) is 5.83 Å². The molecule has 0 aromatic rings. The lowest BCUT2D eigenvalue weighted by molar-refractivity contribution is -0.352. The van der Waals surface area contributed by atoms with Crippen LogP contribution in [-0.2, 0) is 19.1 Å². The summed E-state index contributed by atoms with van der Waals surface area (Å²) in [5.74, 6) is -10.8. The lowest BCUT2D eigenvalue weighted by Crippen LogP contribution is -2.62. The predicted octanol–water partition coefficient (Wildman–Crippen LogP) is 2.73. The number of hydrogen-bond donors (Lipinski definition) is 2. The lowest BCUT2D eigenvalue weighted by Gasteiger charge is -2.33. The molecule has 0 fully saturated rings. The summed E-state index contributed by atoms with van der Waals surface area (Å²) in [5, 5.41) is -2.36. The highest BCUT2D eigenvalue weighted by Gasteiger charge is 2.67. The van der Waals surface area contributed by atoms with Gasteiger partial charge in [0, 0.05) is 6.54 Å². The molecule has 1 amide bonds. The molecule has 0 aliphatic carbocycles. The Hall–Kier alpha value is -1.43. The quantitative estimate of drug-likeness (QED) is 0.161. The fourth-order valence-electron chi connectivity index (χ4n) is 1.28. The van der Waals surface area contributed by atoms with Gasteiger partial charge in [-0.1, -0.05) is 19.9 Å². The number of ether oxygens (including phenoxy) is 2. The van der Waals surface area contributed by atoms with E-state index >= 15 is 0 Å². The molecule has 12 heteroatoms. The van der Waals surface area contributed by atoms with E-state index < -0.39 is 41.5 Å². The molecule has 0 saturated carbocycles. The molecule has 0 aliphatic rings. The molecule has 1 N–H and O–H groups in total. The summed E-state index contributed by atoms with van der Waals surface area (Å²) in [7, 11) is 0. The monoisotopic (exact) mass is 383 g/mol. The molecule has 0 aromatic heterocycles. The summed E-state index contributed by atoms with van der Waals surface area (Å²) >= 11 is 2.66. The second-order valence-electron chi connectivity index (χ2n) is 4.47. The number of rotatable bonds is 9. The Bertz CT molecular complexity index is 479. The van der Waals surface area contributed by atoms with Crippen molar-refractivity contribution in [1.29, 1.82) is 0 Å². The van der Waals surface area contributed by atoms with Gasteiger partial charge in [0.1, 0.15) is 6.61 Å². The zero-order valence-electron chi connectivity index (χ0n) is 12.4. The van der Waals surface area contributed by atoms with E-state index in [9.17, 15) is 35.9 Å². The summed E-state index contributed by atoms with van der Waals surface area (Å²) in [4.78, 5) is 22.9. The number of carbonyl (C=O) groups is 2. The fourth-order valence-corrected chi connectivity index (χ4v) is 1.34. The molecule has 24 heavy (non-hydrogen) atoms. The van der Waals surface area contributed by atoms with Gasteiger partial charge in [0.05, 0.1) is 0 Å². The van der Waals surface area contributed by atoms with Crippen molar-refractivity contribution in [2.45, 2.75) is 37.0 Å². The number of amides is 1. The highest BCUT2D eigenvalue weighted by Crippen LogP contribution is 2.37. The van der Waals surface area contributed by atoms with Gasteiger partial charge in [0.15, 0.2) is 0 Å². The first-order chi connectivity index (χ1) is 10.8. The summed E-state index contributed by atoms with van der Waals surface area (Å²) in [5.41, 5.74) is 0. The van der Waals surface area contributed by atoms with Crippen LogP contribution in [0.2, 0.25) is 0 Å². The molecule has 0 spiro atoms. The SMILES string of the molecule is C=C(F)C(=O)OC(OCC(F)(F)S)(C(=O)NCCCC)C(F)(F)F. The van der Waals surface area contributed by atoms with Gasteiger partial charge in [0.25, 0.3) is 0 Å². The second-order valence-corrected chi connectivity index (χ2v) is 5.13. The molecule has 1 atom stereocenters. The normalized spacial score (nSPS) is 14.7. The van der Waals surface area contributed by atoms with Crippen LogP contribution in [0.25, 0.3) is 0 Å². The lowest BCUT2D eigenvalue weighted by atomic mass is 10.2. The largest absolute Gasteiger partial charge is 0.466 e. The van der Waals surface area contributed by atoms with Crippen LogP contribution in [0.1, 0.15) is 19.8 Å². The molecule has 0 bridgehead atoms. The maximum Gasteiger partial charge on any atom is 0.466 e. The number of hydrogen-bond acceptors (Lipinski definition) is 5. The van der Waals surface area contributed by atoms with Crippen molar-refractivity contribution in [3.05, 3.63) is 12.4 Å². The third-order valence-corrected chi connectivity index (χ3v) is 2.52. The number of nitrogens with one attached hydrogen (secondary N) is 1. The number of esters is 1. The second kappa shape index (κ2) is 8.60. The van der Waals surface area contributed by atoms with Crippen molar-refractivity contribution in [2.24, 2.45) is 0 Å². The minimum Gasteiger partial charge on any atom is -0.410 e. The highest BCUT2D eigenvalue weighted by molar-refractivity contribution is 7.81. The van der Waals surface area contributed by atoms with Crippen molar-refractivity contribution in [3.8, 4) is 0 Å². The van der Waals surface area contributed by atoms with Gasteiger partial charge < -0.3 is 14.8 Å². The highest BCUT2D eigenvalue weighted by atomic mass is 32.1. The molecule has 0 radical (unpaired) electrons. The van der Waals surface area contributed by atoms with Gasteiger partial charge in [-0.2, -0.15) is 26.3 Å². The number of alkyl halides is 5. The topological polar surface area (TPSA) is 64.6 Å². The molecule has 0 heterocycles. The summed E-state index contributed by atoms with van der Waals surface area (Å²) < 4.78 is 85.4. The standard InChI is InChI=1S/C12H15F6NO4S/c1-3-4-5-19-9(21)11(12(16,17)18,22-6-10(14,15)24)23-8(20)7(2)13/h24H,2-6H2,1H3,(H,19,21). The van der Waals surface area contributed by atoms with E-state index in [-0.39, 0.29) is 13.0 Å². The number of halogens is 6. The average Bonchev–Trinajstić information content (AvgIpc) is 2.40. The molecular formula is C12H15F6NO4S. The van der Waals surface area contributed by atoms with E-state index in [1.165, 1.54) is 0 Å². The van der Waals surface area contributed by atoms with Crippen LogP contribution in [0, 0.1) is 0 Å². The molecule has 0 aromatic carbocycles. The maximum absolute atomic E-state index is 13.2. The van der Waals surface area contributed by atoms with E-state index in [1.807, 2.05) is 0 Å². The zero-order valence-corrected chi connectivity index (χ0v) is 13.3. The molecule has 0 saturated heterocycles. The van der Waals surface area contributed by atoms with E-state index in [1.54, 1.807) is 12.2 Å². The van der Waals surface area contributed by atoms with Crippen molar-refractivity contribution < 1.29 is 45.4 Å². The van der Waals surface area contributed by atoms with Crippen molar-refractivity contribution in [1.82, 2.24) is 5.32 Å². The Morgan fingerprint density at radius 3 is 2.12 bits per heavy atom. The van der Waals surface area contributed by atoms with E-state index in [0.29, 0.717) is 6.42 Å². The predicted molar refractivity (Wildman–Crippen MR) is 72.9 cm³/mol. The van der Waals surface area contributed by atoms with Crippen LogP contribution in [0.3, 0.4) is 0 Å². The Morgan fingerprint density at radius 1 is 1.21 bits per heavy atom. The first-order valence-corrected chi connectivity index (χ1v) is 6.88. The average molecular weight is 383 g/mol. The first-order valence-electron chi connectivity index (χ1n) is 6.43. The molecule has 140 valence electrons. The van der Waals surface area contributed by atoms with E-state index in [4.69, 9.17) is 0 Å². The molecule has 0 rings (SSSR count). The molecular weight excluding hydrogens is 368 g/mol.